The van der Waals surface area contributed by atoms with E-state index in [1.54, 1.807) is 0 Å². The van der Waals surface area contributed by atoms with Gasteiger partial charge in [-0.2, -0.15) is 0 Å². The van der Waals surface area contributed by atoms with Crippen molar-refractivity contribution in [1.29, 1.82) is 0 Å². The standard InChI is InChI=1S/C13H19NO2S/c1-11-2-4-13(5-3-11)14-10-12-6-8-17(15,16)9-7-12/h2-5,12,14H,6-10H2,1H3. The SMILES string of the molecule is Cc1ccc(NCC2CCS(=O)(=O)CC2)cc1. The van der Waals surface area contributed by atoms with Gasteiger partial charge < -0.3 is 5.32 Å². The Morgan fingerprint density at radius 2 is 1.76 bits per heavy atom. The predicted molar refractivity (Wildman–Crippen MR) is 71.0 cm³/mol. The Morgan fingerprint density at radius 3 is 2.35 bits per heavy atom. The zero-order valence-electron chi connectivity index (χ0n) is 10.1. The van der Waals surface area contributed by atoms with E-state index in [-0.39, 0.29) is 0 Å². The van der Waals surface area contributed by atoms with Gasteiger partial charge in [-0.15, -0.1) is 0 Å². The molecular weight excluding hydrogens is 234 g/mol. The predicted octanol–water partition coefficient (Wildman–Crippen LogP) is 2.23. The number of aryl methyl sites for hydroxylation is 1. The van der Waals surface area contributed by atoms with Crippen molar-refractivity contribution < 1.29 is 8.42 Å². The Balaban J connectivity index is 1.81. The molecule has 1 fully saturated rings. The Bertz CT molecular complexity index is 451. The molecule has 0 radical (unpaired) electrons. The molecule has 0 amide bonds. The van der Waals surface area contributed by atoms with Gasteiger partial charge in [0.2, 0.25) is 0 Å². The Kier molecular flexibility index (Phi) is 3.72. The summed E-state index contributed by atoms with van der Waals surface area (Å²) in [5.41, 5.74) is 2.36. The summed E-state index contributed by atoms with van der Waals surface area (Å²) in [5.74, 6) is 1.19. The molecule has 3 nitrogen and oxygen atoms in total. The smallest absolute Gasteiger partial charge is 0.150 e. The Labute approximate surface area is 103 Å². The zero-order chi connectivity index (χ0) is 12.3. The summed E-state index contributed by atoms with van der Waals surface area (Å²) in [5, 5.41) is 3.37. The first kappa shape index (κ1) is 12.4. The second kappa shape index (κ2) is 5.08. The highest BCUT2D eigenvalue weighted by molar-refractivity contribution is 7.91. The molecule has 17 heavy (non-hydrogen) atoms. The average molecular weight is 253 g/mol. The Hall–Kier alpha value is -1.03. The van der Waals surface area contributed by atoms with Crippen LogP contribution in [0, 0.1) is 12.8 Å². The molecule has 0 aliphatic carbocycles. The highest BCUT2D eigenvalue weighted by Crippen LogP contribution is 2.19. The van der Waals surface area contributed by atoms with Crippen molar-refractivity contribution >= 4 is 15.5 Å². The molecule has 1 N–H and O–H groups in total. The second-order valence-electron chi connectivity index (χ2n) is 4.84. The lowest BCUT2D eigenvalue weighted by atomic mass is 10.0. The fourth-order valence-electron chi connectivity index (χ4n) is 2.08. The molecule has 0 bridgehead atoms. The number of sulfone groups is 1. The van der Waals surface area contributed by atoms with Gasteiger partial charge in [0, 0.05) is 12.2 Å². The first-order chi connectivity index (χ1) is 8.05. The van der Waals surface area contributed by atoms with Crippen LogP contribution in [-0.4, -0.2) is 26.5 Å². The van der Waals surface area contributed by atoms with Gasteiger partial charge in [-0.25, -0.2) is 8.42 Å². The lowest BCUT2D eigenvalue weighted by Crippen LogP contribution is -2.27. The lowest BCUT2D eigenvalue weighted by Gasteiger charge is -2.22. The second-order valence-corrected chi connectivity index (χ2v) is 7.15. The van der Waals surface area contributed by atoms with Crippen molar-refractivity contribution in [3.8, 4) is 0 Å². The van der Waals surface area contributed by atoms with Gasteiger partial charge >= 0.3 is 0 Å². The molecule has 1 aliphatic rings. The fraction of sp³-hybridized carbons (Fsp3) is 0.538. The molecule has 94 valence electrons. The summed E-state index contributed by atoms with van der Waals surface area (Å²) in [6, 6.07) is 8.28. The summed E-state index contributed by atoms with van der Waals surface area (Å²) < 4.78 is 22.6. The van der Waals surface area contributed by atoms with Gasteiger partial charge in [-0.1, -0.05) is 17.7 Å². The van der Waals surface area contributed by atoms with Gasteiger partial charge in [0.15, 0.2) is 0 Å². The quantitative estimate of drug-likeness (QED) is 0.898. The number of benzene rings is 1. The van der Waals surface area contributed by atoms with Gasteiger partial charge in [0.25, 0.3) is 0 Å². The van der Waals surface area contributed by atoms with Crippen LogP contribution in [0.1, 0.15) is 18.4 Å². The number of hydrogen-bond donors (Lipinski definition) is 1. The third-order valence-corrected chi connectivity index (χ3v) is 5.04. The summed E-state index contributed by atoms with van der Waals surface area (Å²) in [7, 11) is -2.73. The van der Waals surface area contributed by atoms with Crippen LogP contribution in [0.4, 0.5) is 5.69 Å². The number of nitrogens with one attached hydrogen (secondary N) is 1. The molecule has 0 aromatic heterocycles. The molecule has 1 saturated heterocycles. The van der Waals surface area contributed by atoms with E-state index >= 15 is 0 Å². The monoisotopic (exact) mass is 253 g/mol. The van der Waals surface area contributed by atoms with Crippen LogP contribution >= 0.6 is 0 Å². The molecule has 2 rings (SSSR count). The van der Waals surface area contributed by atoms with Crippen molar-refractivity contribution in [2.24, 2.45) is 5.92 Å². The molecule has 1 aliphatic heterocycles. The number of hydrogen-bond acceptors (Lipinski definition) is 3. The van der Waals surface area contributed by atoms with Crippen LogP contribution in [0.15, 0.2) is 24.3 Å². The summed E-state index contributed by atoms with van der Waals surface area (Å²) in [6.45, 7) is 2.94. The molecule has 4 heteroatoms. The van der Waals surface area contributed by atoms with Crippen LogP contribution in [0.3, 0.4) is 0 Å². The van der Waals surface area contributed by atoms with Crippen LogP contribution < -0.4 is 5.32 Å². The molecule has 1 heterocycles. The highest BCUT2D eigenvalue weighted by Gasteiger charge is 2.23. The Morgan fingerprint density at radius 1 is 1.18 bits per heavy atom. The number of rotatable bonds is 3. The lowest BCUT2D eigenvalue weighted by molar-refractivity contribution is 0.484. The van der Waals surface area contributed by atoms with Crippen molar-refractivity contribution in [2.75, 3.05) is 23.4 Å². The first-order valence-electron chi connectivity index (χ1n) is 6.06. The molecule has 0 atom stereocenters. The van der Waals surface area contributed by atoms with E-state index in [2.05, 4.69) is 36.5 Å². The average Bonchev–Trinajstić information content (AvgIpc) is 2.30. The molecule has 1 aromatic rings. The van der Waals surface area contributed by atoms with Gasteiger partial charge in [0.05, 0.1) is 11.5 Å². The van der Waals surface area contributed by atoms with Gasteiger partial charge in [-0.05, 0) is 37.8 Å². The number of anilines is 1. The fourth-order valence-corrected chi connectivity index (χ4v) is 3.67. The molecule has 0 spiro atoms. The van der Waals surface area contributed by atoms with Crippen molar-refractivity contribution in [2.45, 2.75) is 19.8 Å². The summed E-state index contributed by atoms with van der Waals surface area (Å²) in [4.78, 5) is 0. The van der Waals surface area contributed by atoms with E-state index in [9.17, 15) is 8.42 Å². The minimum atomic E-state index is -2.73. The summed E-state index contributed by atoms with van der Waals surface area (Å²) in [6.07, 6.45) is 1.59. The van der Waals surface area contributed by atoms with Crippen molar-refractivity contribution in [3.05, 3.63) is 29.8 Å². The van der Waals surface area contributed by atoms with Crippen LogP contribution in [0.2, 0.25) is 0 Å². The minimum Gasteiger partial charge on any atom is -0.385 e. The van der Waals surface area contributed by atoms with Crippen LogP contribution in [-0.2, 0) is 9.84 Å². The third kappa shape index (κ3) is 3.73. The van der Waals surface area contributed by atoms with Crippen molar-refractivity contribution in [1.82, 2.24) is 0 Å². The summed E-state index contributed by atoms with van der Waals surface area (Å²) >= 11 is 0. The molecule has 0 unspecified atom stereocenters. The third-order valence-electron chi connectivity index (χ3n) is 3.32. The van der Waals surface area contributed by atoms with Crippen LogP contribution in [0.25, 0.3) is 0 Å². The maximum Gasteiger partial charge on any atom is 0.150 e. The van der Waals surface area contributed by atoms with Gasteiger partial charge in [0.1, 0.15) is 9.84 Å². The topological polar surface area (TPSA) is 46.2 Å². The largest absolute Gasteiger partial charge is 0.385 e. The first-order valence-corrected chi connectivity index (χ1v) is 7.88. The van der Waals surface area contributed by atoms with E-state index in [1.807, 2.05) is 0 Å². The van der Waals surface area contributed by atoms with E-state index < -0.39 is 9.84 Å². The highest BCUT2D eigenvalue weighted by atomic mass is 32.2. The van der Waals surface area contributed by atoms with Gasteiger partial charge in [-0.3, -0.25) is 0 Å². The van der Waals surface area contributed by atoms with E-state index in [1.165, 1.54) is 5.56 Å². The molecular formula is C13H19NO2S. The molecule has 0 saturated carbocycles. The van der Waals surface area contributed by atoms with E-state index in [0.29, 0.717) is 17.4 Å². The maximum absolute atomic E-state index is 11.3. The van der Waals surface area contributed by atoms with E-state index in [0.717, 1.165) is 25.1 Å². The van der Waals surface area contributed by atoms with Crippen LogP contribution in [0.5, 0.6) is 0 Å². The normalized spacial score (nSPS) is 20.1. The maximum atomic E-state index is 11.3. The van der Waals surface area contributed by atoms with E-state index in [4.69, 9.17) is 0 Å². The minimum absolute atomic E-state index is 0.354. The molecule has 1 aromatic carbocycles. The van der Waals surface area contributed by atoms with Crippen molar-refractivity contribution in [3.63, 3.8) is 0 Å². The zero-order valence-corrected chi connectivity index (χ0v) is 11.0.